The van der Waals surface area contributed by atoms with Crippen LogP contribution in [-0.4, -0.2) is 24.6 Å². The lowest BCUT2D eigenvalue weighted by Gasteiger charge is -2.33. The van der Waals surface area contributed by atoms with E-state index in [1.807, 2.05) is 30.3 Å². The summed E-state index contributed by atoms with van der Waals surface area (Å²) in [5, 5.41) is 0. The second-order valence-electron chi connectivity index (χ2n) is 6.92. The maximum atomic E-state index is 6.02. The molecular formula is C24H25NO2. The molecule has 0 aromatic heterocycles. The van der Waals surface area contributed by atoms with Gasteiger partial charge in [-0.05, 0) is 28.8 Å². The molecule has 1 atom stereocenters. The number of rotatable bonds is 6. The molecule has 27 heavy (non-hydrogen) atoms. The molecule has 0 amide bonds. The maximum Gasteiger partial charge on any atom is 0.119 e. The third kappa shape index (κ3) is 4.97. The summed E-state index contributed by atoms with van der Waals surface area (Å²) in [7, 11) is 0. The van der Waals surface area contributed by atoms with Gasteiger partial charge in [-0.3, -0.25) is 4.90 Å². The molecule has 0 N–H and O–H groups in total. The highest BCUT2D eigenvalue weighted by Crippen LogP contribution is 2.25. The highest BCUT2D eigenvalue weighted by molar-refractivity contribution is 5.29. The molecule has 0 aliphatic carbocycles. The average molecular weight is 359 g/mol. The van der Waals surface area contributed by atoms with Crippen LogP contribution in [0, 0.1) is 0 Å². The standard InChI is InChI=1S/C24H25NO2/c1-3-7-20(8-4-1)17-25-15-16-26-24(18-25)22-11-13-23(14-12-22)27-19-21-9-5-2-6-10-21/h1-14,24H,15-19H2/t24-/m0/s1. The molecule has 1 fully saturated rings. The van der Waals surface area contributed by atoms with Crippen LogP contribution in [0.1, 0.15) is 22.8 Å². The molecule has 1 saturated heterocycles. The van der Waals surface area contributed by atoms with Crippen molar-refractivity contribution in [3.05, 3.63) is 102 Å². The number of nitrogens with zero attached hydrogens (tertiary/aromatic N) is 1. The van der Waals surface area contributed by atoms with E-state index >= 15 is 0 Å². The average Bonchev–Trinajstić information content (AvgIpc) is 2.74. The first-order valence-corrected chi connectivity index (χ1v) is 9.51. The predicted octanol–water partition coefficient (Wildman–Crippen LogP) is 4.84. The van der Waals surface area contributed by atoms with Crippen molar-refractivity contribution >= 4 is 0 Å². The number of morpholine rings is 1. The maximum absolute atomic E-state index is 6.02. The Kier molecular flexibility index (Phi) is 5.83. The number of hydrogen-bond donors (Lipinski definition) is 0. The Morgan fingerprint density at radius 1 is 0.815 bits per heavy atom. The lowest BCUT2D eigenvalue weighted by Crippen LogP contribution is -2.37. The van der Waals surface area contributed by atoms with Crippen molar-refractivity contribution in [2.45, 2.75) is 19.3 Å². The summed E-state index contributed by atoms with van der Waals surface area (Å²) in [5.41, 5.74) is 3.73. The van der Waals surface area contributed by atoms with E-state index in [1.165, 1.54) is 16.7 Å². The van der Waals surface area contributed by atoms with Gasteiger partial charge in [-0.1, -0.05) is 72.8 Å². The van der Waals surface area contributed by atoms with Gasteiger partial charge >= 0.3 is 0 Å². The number of benzene rings is 3. The summed E-state index contributed by atoms with van der Waals surface area (Å²) in [6, 6.07) is 29.2. The van der Waals surface area contributed by atoms with Crippen molar-refractivity contribution in [2.75, 3.05) is 19.7 Å². The summed E-state index contributed by atoms with van der Waals surface area (Å²) < 4.78 is 11.9. The highest BCUT2D eigenvalue weighted by Gasteiger charge is 2.22. The molecule has 4 rings (SSSR count). The first-order chi connectivity index (χ1) is 13.4. The Bertz CT molecular complexity index is 818. The molecular weight excluding hydrogens is 334 g/mol. The largest absolute Gasteiger partial charge is 0.489 e. The first kappa shape index (κ1) is 17.8. The Morgan fingerprint density at radius 2 is 1.48 bits per heavy atom. The summed E-state index contributed by atoms with van der Waals surface area (Å²) in [6.45, 7) is 4.22. The molecule has 0 saturated carbocycles. The van der Waals surface area contributed by atoms with Crippen LogP contribution >= 0.6 is 0 Å². The van der Waals surface area contributed by atoms with Gasteiger partial charge in [0.2, 0.25) is 0 Å². The molecule has 0 spiro atoms. The van der Waals surface area contributed by atoms with Crippen molar-refractivity contribution in [3.8, 4) is 5.75 Å². The van der Waals surface area contributed by atoms with E-state index in [2.05, 4.69) is 59.5 Å². The summed E-state index contributed by atoms with van der Waals surface area (Å²) in [4.78, 5) is 2.46. The normalized spacial score (nSPS) is 17.6. The van der Waals surface area contributed by atoms with E-state index in [0.29, 0.717) is 6.61 Å². The fraction of sp³-hybridized carbons (Fsp3) is 0.250. The lowest BCUT2D eigenvalue weighted by molar-refractivity contribution is -0.0329. The molecule has 1 aliphatic rings. The van der Waals surface area contributed by atoms with Crippen molar-refractivity contribution in [1.82, 2.24) is 4.90 Å². The van der Waals surface area contributed by atoms with Crippen molar-refractivity contribution in [3.63, 3.8) is 0 Å². The Morgan fingerprint density at radius 3 is 2.19 bits per heavy atom. The minimum absolute atomic E-state index is 0.116. The van der Waals surface area contributed by atoms with E-state index in [4.69, 9.17) is 9.47 Å². The zero-order valence-electron chi connectivity index (χ0n) is 15.5. The molecule has 0 bridgehead atoms. The van der Waals surface area contributed by atoms with Gasteiger partial charge < -0.3 is 9.47 Å². The van der Waals surface area contributed by atoms with E-state index < -0.39 is 0 Å². The van der Waals surface area contributed by atoms with E-state index in [-0.39, 0.29) is 6.10 Å². The van der Waals surface area contributed by atoms with Crippen LogP contribution in [0.15, 0.2) is 84.9 Å². The molecule has 3 aromatic rings. The minimum atomic E-state index is 0.116. The fourth-order valence-corrected chi connectivity index (χ4v) is 3.41. The molecule has 3 heteroatoms. The van der Waals surface area contributed by atoms with Gasteiger partial charge in [-0.15, -0.1) is 0 Å². The van der Waals surface area contributed by atoms with Gasteiger partial charge in [-0.25, -0.2) is 0 Å². The monoisotopic (exact) mass is 359 g/mol. The number of ether oxygens (including phenoxy) is 2. The molecule has 1 heterocycles. The Labute approximate surface area is 161 Å². The molecule has 0 unspecified atom stereocenters. The molecule has 138 valence electrons. The Hall–Kier alpha value is -2.62. The smallest absolute Gasteiger partial charge is 0.119 e. The van der Waals surface area contributed by atoms with Crippen molar-refractivity contribution in [1.29, 1.82) is 0 Å². The van der Waals surface area contributed by atoms with Crippen LogP contribution in [-0.2, 0) is 17.9 Å². The minimum Gasteiger partial charge on any atom is -0.489 e. The SMILES string of the molecule is c1ccc(COc2ccc([C@@H]3CN(Cc4ccccc4)CCO3)cc2)cc1. The van der Waals surface area contributed by atoms with Crippen LogP contribution in [0.25, 0.3) is 0 Å². The fourth-order valence-electron chi connectivity index (χ4n) is 3.41. The van der Waals surface area contributed by atoms with E-state index in [0.717, 1.165) is 32.0 Å². The first-order valence-electron chi connectivity index (χ1n) is 9.51. The highest BCUT2D eigenvalue weighted by atomic mass is 16.5. The van der Waals surface area contributed by atoms with Crippen molar-refractivity contribution < 1.29 is 9.47 Å². The van der Waals surface area contributed by atoms with Crippen LogP contribution in [0.3, 0.4) is 0 Å². The third-order valence-electron chi connectivity index (χ3n) is 4.90. The van der Waals surface area contributed by atoms with Gasteiger partial charge in [0.15, 0.2) is 0 Å². The van der Waals surface area contributed by atoms with Crippen molar-refractivity contribution in [2.24, 2.45) is 0 Å². The molecule has 1 aliphatic heterocycles. The summed E-state index contributed by atoms with van der Waals surface area (Å²) in [6.07, 6.45) is 0.116. The summed E-state index contributed by atoms with van der Waals surface area (Å²) >= 11 is 0. The predicted molar refractivity (Wildman–Crippen MR) is 108 cm³/mol. The van der Waals surface area contributed by atoms with Gasteiger partial charge in [0, 0.05) is 19.6 Å². The zero-order chi connectivity index (χ0) is 18.3. The summed E-state index contributed by atoms with van der Waals surface area (Å²) in [5.74, 6) is 0.888. The second kappa shape index (κ2) is 8.85. The molecule has 3 nitrogen and oxygen atoms in total. The lowest BCUT2D eigenvalue weighted by atomic mass is 10.1. The molecule has 0 radical (unpaired) electrons. The van der Waals surface area contributed by atoms with E-state index in [1.54, 1.807) is 0 Å². The molecule has 3 aromatic carbocycles. The number of hydrogen-bond acceptors (Lipinski definition) is 3. The van der Waals surface area contributed by atoms with Crippen LogP contribution in [0.2, 0.25) is 0 Å². The Balaban J connectivity index is 1.34. The van der Waals surface area contributed by atoms with Crippen LogP contribution in [0.5, 0.6) is 5.75 Å². The van der Waals surface area contributed by atoms with Gasteiger partial charge in [0.05, 0.1) is 12.7 Å². The van der Waals surface area contributed by atoms with Gasteiger partial charge in [0.25, 0.3) is 0 Å². The van der Waals surface area contributed by atoms with Crippen LogP contribution < -0.4 is 4.74 Å². The quantitative estimate of drug-likeness (QED) is 0.629. The van der Waals surface area contributed by atoms with Gasteiger partial charge in [-0.2, -0.15) is 0 Å². The van der Waals surface area contributed by atoms with Gasteiger partial charge in [0.1, 0.15) is 12.4 Å². The van der Waals surface area contributed by atoms with E-state index in [9.17, 15) is 0 Å². The topological polar surface area (TPSA) is 21.7 Å². The zero-order valence-corrected chi connectivity index (χ0v) is 15.5. The third-order valence-corrected chi connectivity index (χ3v) is 4.90. The van der Waals surface area contributed by atoms with Crippen LogP contribution in [0.4, 0.5) is 0 Å². The second-order valence-corrected chi connectivity index (χ2v) is 6.92.